The third-order valence-corrected chi connectivity index (χ3v) is 2.87. The van der Waals surface area contributed by atoms with Gasteiger partial charge in [-0.3, -0.25) is 0 Å². The number of hydrogen-bond donors (Lipinski definition) is 2. The van der Waals surface area contributed by atoms with E-state index in [-0.39, 0.29) is 5.75 Å². The van der Waals surface area contributed by atoms with E-state index in [1.54, 1.807) is 13.2 Å². The van der Waals surface area contributed by atoms with Crippen LogP contribution in [0.4, 0.5) is 0 Å². The number of ether oxygens (including phenoxy) is 1. The Kier molecular flexibility index (Phi) is 2.33. The maximum atomic E-state index is 9.85. The quantitative estimate of drug-likeness (QED) is 0.764. The number of hydrogen-bond acceptors (Lipinski definition) is 3. The highest BCUT2D eigenvalue weighted by atomic mass is 16.5. The summed E-state index contributed by atoms with van der Waals surface area (Å²) in [4.78, 5) is 0. The number of phenolic OH excluding ortho intramolecular Hbond substituents is 1. The first-order valence-corrected chi connectivity index (χ1v) is 4.83. The highest BCUT2D eigenvalue weighted by Crippen LogP contribution is 2.51. The van der Waals surface area contributed by atoms with Gasteiger partial charge in [0.25, 0.3) is 0 Å². The average molecular weight is 193 g/mol. The Morgan fingerprint density at radius 2 is 2.36 bits per heavy atom. The molecular weight excluding hydrogens is 178 g/mol. The monoisotopic (exact) mass is 193 g/mol. The second-order valence-electron chi connectivity index (χ2n) is 3.74. The Labute approximate surface area is 83.5 Å². The molecule has 1 aromatic carbocycles. The molecule has 1 saturated carbocycles. The van der Waals surface area contributed by atoms with Crippen molar-refractivity contribution in [3.8, 4) is 11.5 Å². The fourth-order valence-corrected chi connectivity index (χ4v) is 1.89. The van der Waals surface area contributed by atoms with E-state index in [1.165, 1.54) is 0 Å². The topological polar surface area (TPSA) is 55.5 Å². The van der Waals surface area contributed by atoms with Gasteiger partial charge in [0.2, 0.25) is 0 Å². The van der Waals surface area contributed by atoms with Crippen LogP contribution in [-0.2, 0) is 0 Å². The second-order valence-corrected chi connectivity index (χ2v) is 3.74. The van der Waals surface area contributed by atoms with E-state index in [0.29, 0.717) is 24.1 Å². The van der Waals surface area contributed by atoms with Gasteiger partial charge in [0, 0.05) is 5.56 Å². The smallest absolute Gasteiger partial charge is 0.161 e. The molecule has 0 amide bonds. The minimum absolute atomic E-state index is 0.274. The molecule has 1 aliphatic rings. The zero-order valence-electron chi connectivity index (χ0n) is 8.23. The van der Waals surface area contributed by atoms with Crippen LogP contribution in [0, 0.1) is 5.92 Å². The Balaban J connectivity index is 2.26. The number of methoxy groups -OCH3 is 1. The molecule has 2 atom stereocenters. The van der Waals surface area contributed by atoms with Crippen LogP contribution >= 0.6 is 0 Å². The molecule has 76 valence electrons. The Bertz CT molecular complexity index is 338. The number of rotatable bonds is 3. The molecule has 0 unspecified atom stereocenters. The molecule has 1 fully saturated rings. The molecular formula is C11H15NO2. The van der Waals surface area contributed by atoms with Gasteiger partial charge < -0.3 is 15.6 Å². The van der Waals surface area contributed by atoms with Crippen LogP contribution in [0.1, 0.15) is 17.9 Å². The molecule has 3 heteroatoms. The second kappa shape index (κ2) is 3.50. The van der Waals surface area contributed by atoms with Crippen molar-refractivity contribution < 1.29 is 9.84 Å². The number of benzene rings is 1. The van der Waals surface area contributed by atoms with E-state index in [2.05, 4.69) is 0 Å². The molecule has 0 heterocycles. The van der Waals surface area contributed by atoms with Crippen LogP contribution in [-0.4, -0.2) is 18.8 Å². The standard InChI is InChI=1S/C11H15NO2/c1-14-10-4-2-3-8(11(10)13)9-5-7(9)6-12/h2-4,7,9,13H,5-6,12H2,1H3/t7-,9+/m0/s1. The van der Waals surface area contributed by atoms with E-state index in [0.717, 1.165) is 12.0 Å². The lowest BCUT2D eigenvalue weighted by Gasteiger charge is -2.07. The molecule has 2 rings (SSSR count). The Morgan fingerprint density at radius 3 is 2.93 bits per heavy atom. The third-order valence-electron chi connectivity index (χ3n) is 2.87. The van der Waals surface area contributed by atoms with Crippen molar-refractivity contribution >= 4 is 0 Å². The van der Waals surface area contributed by atoms with Crippen LogP contribution in [0.3, 0.4) is 0 Å². The summed E-state index contributed by atoms with van der Waals surface area (Å²) in [5.41, 5.74) is 6.54. The lowest BCUT2D eigenvalue weighted by Crippen LogP contribution is -2.02. The Morgan fingerprint density at radius 1 is 1.57 bits per heavy atom. The van der Waals surface area contributed by atoms with Gasteiger partial charge in [-0.15, -0.1) is 0 Å². The molecule has 0 bridgehead atoms. The first-order chi connectivity index (χ1) is 6.77. The fraction of sp³-hybridized carbons (Fsp3) is 0.455. The molecule has 0 saturated heterocycles. The predicted molar refractivity (Wildman–Crippen MR) is 54.6 cm³/mol. The average Bonchev–Trinajstić information content (AvgIpc) is 2.97. The Hall–Kier alpha value is -1.22. The predicted octanol–water partition coefficient (Wildman–Crippen LogP) is 1.46. The van der Waals surface area contributed by atoms with Crippen molar-refractivity contribution in [1.29, 1.82) is 0 Å². The summed E-state index contributed by atoms with van der Waals surface area (Å²) < 4.78 is 5.05. The molecule has 14 heavy (non-hydrogen) atoms. The molecule has 0 spiro atoms. The van der Waals surface area contributed by atoms with Crippen LogP contribution in [0.25, 0.3) is 0 Å². The highest BCUT2D eigenvalue weighted by molar-refractivity contribution is 5.48. The van der Waals surface area contributed by atoms with E-state index >= 15 is 0 Å². The van der Waals surface area contributed by atoms with Gasteiger partial charge in [0.05, 0.1) is 7.11 Å². The summed E-state index contributed by atoms with van der Waals surface area (Å²) in [6.45, 7) is 0.696. The fourth-order valence-electron chi connectivity index (χ4n) is 1.89. The van der Waals surface area contributed by atoms with E-state index in [9.17, 15) is 5.11 Å². The number of para-hydroxylation sites is 1. The highest BCUT2D eigenvalue weighted by Gasteiger charge is 2.38. The van der Waals surface area contributed by atoms with Crippen LogP contribution in [0.2, 0.25) is 0 Å². The van der Waals surface area contributed by atoms with Crippen LogP contribution < -0.4 is 10.5 Å². The maximum absolute atomic E-state index is 9.85. The summed E-state index contributed by atoms with van der Waals surface area (Å²) >= 11 is 0. The summed E-state index contributed by atoms with van der Waals surface area (Å²) in [5.74, 6) is 1.78. The first-order valence-electron chi connectivity index (χ1n) is 4.83. The van der Waals surface area contributed by atoms with Crippen LogP contribution in [0.15, 0.2) is 18.2 Å². The maximum Gasteiger partial charge on any atom is 0.161 e. The third kappa shape index (κ3) is 1.44. The van der Waals surface area contributed by atoms with Crippen molar-refractivity contribution in [3.63, 3.8) is 0 Å². The summed E-state index contributed by atoms with van der Waals surface area (Å²) in [6.07, 6.45) is 1.08. The first kappa shape index (κ1) is 9.34. The van der Waals surface area contributed by atoms with Crippen molar-refractivity contribution in [2.24, 2.45) is 11.7 Å². The van der Waals surface area contributed by atoms with Gasteiger partial charge in [0.15, 0.2) is 11.5 Å². The van der Waals surface area contributed by atoms with E-state index in [1.807, 2.05) is 12.1 Å². The molecule has 1 aliphatic carbocycles. The van der Waals surface area contributed by atoms with Crippen molar-refractivity contribution in [2.45, 2.75) is 12.3 Å². The van der Waals surface area contributed by atoms with Gasteiger partial charge in [-0.05, 0) is 30.9 Å². The van der Waals surface area contributed by atoms with Crippen molar-refractivity contribution in [3.05, 3.63) is 23.8 Å². The summed E-state index contributed by atoms with van der Waals surface area (Å²) in [6, 6.07) is 5.61. The normalized spacial score (nSPS) is 24.7. The largest absolute Gasteiger partial charge is 0.504 e. The lowest BCUT2D eigenvalue weighted by atomic mass is 10.1. The summed E-state index contributed by atoms with van der Waals surface area (Å²) in [7, 11) is 1.56. The minimum atomic E-state index is 0.274. The zero-order valence-corrected chi connectivity index (χ0v) is 8.23. The molecule has 0 radical (unpaired) electrons. The summed E-state index contributed by atoms with van der Waals surface area (Å²) in [5, 5.41) is 9.85. The molecule has 0 aromatic heterocycles. The van der Waals surface area contributed by atoms with Gasteiger partial charge in [-0.25, -0.2) is 0 Å². The van der Waals surface area contributed by atoms with Gasteiger partial charge in [-0.1, -0.05) is 12.1 Å². The number of phenols is 1. The van der Waals surface area contributed by atoms with Crippen LogP contribution in [0.5, 0.6) is 11.5 Å². The van der Waals surface area contributed by atoms with Crippen molar-refractivity contribution in [2.75, 3.05) is 13.7 Å². The van der Waals surface area contributed by atoms with Crippen molar-refractivity contribution in [1.82, 2.24) is 0 Å². The van der Waals surface area contributed by atoms with Gasteiger partial charge in [-0.2, -0.15) is 0 Å². The SMILES string of the molecule is COc1cccc([C@@H]2C[C@H]2CN)c1O. The van der Waals surface area contributed by atoms with Gasteiger partial charge >= 0.3 is 0 Å². The molecule has 0 aliphatic heterocycles. The lowest BCUT2D eigenvalue weighted by molar-refractivity contribution is 0.370. The van der Waals surface area contributed by atoms with E-state index in [4.69, 9.17) is 10.5 Å². The minimum Gasteiger partial charge on any atom is -0.504 e. The molecule has 1 aromatic rings. The zero-order chi connectivity index (χ0) is 10.1. The molecule has 3 N–H and O–H groups in total. The number of aromatic hydroxyl groups is 1. The van der Waals surface area contributed by atoms with E-state index < -0.39 is 0 Å². The molecule has 3 nitrogen and oxygen atoms in total. The van der Waals surface area contributed by atoms with Gasteiger partial charge in [0.1, 0.15) is 0 Å². The number of nitrogens with two attached hydrogens (primary N) is 1.